The third-order valence-electron chi connectivity index (χ3n) is 3.68. The molecule has 0 unspecified atom stereocenters. The first-order valence-corrected chi connectivity index (χ1v) is 8.03. The van der Waals surface area contributed by atoms with Crippen molar-refractivity contribution >= 4 is 11.9 Å². The highest BCUT2D eigenvalue weighted by molar-refractivity contribution is 5.70. The molecule has 4 nitrogen and oxygen atoms in total. The number of hydrogen-bond acceptors (Lipinski definition) is 4. The Morgan fingerprint density at radius 2 is 1.55 bits per heavy atom. The van der Waals surface area contributed by atoms with Gasteiger partial charge in [-0.25, -0.2) is 0 Å². The van der Waals surface area contributed by atoms with E-state index in [-0.39, 0.29) is 11.9 Å². The third-order valence-corrected chi connectivity index (χ3v) is 3.68. The van der Waals surface area contributed by atoms with Gasteiger partial charge in [0, 0.05) is 12.8 Å². The van der Waals surface area contributed by atoms with E-state index in [0.29, 0.717) is 44.8 Å². The van der Waals surface area contributed by atoms with Gasteiger partial charge in [-0.3, -0.25) is 9.59 Å². The summed E-state index contributed by atoms with van der Waals surface area (Å²) >= 11 is 0. The Morgan fingerprint density at radius 1 is 0.950 bits per heavy atom. The molecule has 0 amide bonds. The van der Waals surface area contributed by atoms with E-state index in [1.807, 2.05) is 6.92 Å². The minimum Gasteiger partial charge on any atom is -0.466 e. The summed E-state index contributed by atoms with van der Waals surface area (Å²) in [5.41, 5.74) is 0. The van der Waals surface area contributed by atoms with Gasteiger partial charge in [0.15, 0.2) is 0 Å². The fourth-order valence-electron chi connectivity index (χ4n) is 2.46. The summed E-state index contributed by atoms with van der Waals surface area (Å²) in [6, 6.07) is 0. The van der Waals surface area contributed by atoms with E-state index in [2.05, 4.69) is 0 Å². The maximum atomic E-state index is 11.6. The largest absolute Gasteiger partial charge is 0.466 e. The highest BCUT2D eigenvalue weighted by atomic mass is 16.5. The second kappa shape index (κ2) is 10.7. The molecule has 20 heavy (non-hydrogen) atoms. The molecular weight excluding hydrogens is 256 g/mol. The smallest absolute Gasteiger partial charge is 0.305 e. The van der Waals surface area contributed by atoms with Crippen LogP contribution in [-0.4, -0.2) is 25.2 Å². The lowest BCUT2D eigenvalue weighted by atomic mass is 9.90. The maximum Gasteiger partial charge on any atom is 0.305 e. The fraction of sp³-hybridized carbons (Fsp3) is 0.875. The van der Waals surface area contributed by atoms with Crippen LogP contribution in [0.5, 0.6) is 0 Å². The number of carbonyl (C=O) groups is 2. The highest BCUT2D eigenvalue weighted by Gasteiger charge is 2.15. The molecule has 0 heterocycles. The van der Waals surface area contributed by atoms with Gasteiger partial charge in [0.2, 0.25) is 0 Å². The molecule has 0 bridgehead atoms. The average molecular weight is 284 g/mol. The van der Waals surface area contributed by atoms with E-state index in [4.69, 9.17) is 9.47 Å². The quantitative estimate of drug-likeness (QED) is 0.479. The Balaban J connectivity index is 1.95. The second-order valence-electron chi connectivity index (χ2n) is 5.61. The van der Waals surface area contributed by atoms with Gasteiger partial charge in [-0.15, -0.1) is 0 Å². The van der Waals surface area contributed by atoms with Crippen molar-refractivity contribution in [3.8, 4) is 0 Å². The minimum absolute atomic E-state index is 0.127. The lowest BCUT2D eigenvalue weighted by Crippen LogP contribution is -2.16. The van der Waals surface area contributed by atoms with E-state index in [0.717, 1.165) is 6.42 Å². The van der Waals surface area contributed by atoms with Gasteiger partial charge in [0.1, 0.15) is 0 Å². The van der Waals surface area contributed by atoms with Crippen molar-refractivity contribution in [1.29, 1.82) is 0 Å². The minimum atomic E-state index is -0.164. The molecule has 1 fully saturated rings. The van der Waals surface area contributed by atoms with E-state index in [9.17, 15) is 9.59 Å². The number of carbonyl (C=O) groups excluding carboxylic acids is 2. The van der Waals surface area contributed by atoms with Gasteiger partial charge in [0.25, 0.3) is 0 Å². The lowest BCUT2D eigenvalue weighted by molar-refractivity contribution is -0.147. The Labute approximate surface area is 122 Å². The lowest BCUT2D eigenvalue weighted by Gasteiger charge is -2.20. The summed E-state index contributed by atoms with van der Waals surface area (Å²) in [7, 11) is 0. The average Bonchev–Trinajstić information content (AvgIpc) is 2.48. The maximum absolute atomic E-state index is 11.6. The number of esters is 2. The molecule has 0 atom stereocenters. The van der Waals surface area contributed by atoms with Crippen LogP contribution >= 0.6 is 0 Å². The molecule has 116 valence electrons. The summed E-state index contributed by atoms with van der Waals surface area (Å²) in [5.74, 6) is 0.275. The topological polar surface area (TPSA) is 52.6 Å². The van der Waals surface area contributed by atoms with Crippen LogP contribution in [-0.2, 0) is 19.1 Å². The van der Waals surface area contributed by atoms with Crippen molar-refractivity contribution in [2.45, 2.75) is 71.1 Å². The molecule has 0 aromatic heterocycles. The molecule has 0 aromatic carbocycles. The fourth-order valence-corrected chi connectivity index (χ4v) is 2.46. The third kappa shape index (κ3) is 8.18. The van der Waals surface area contributed by atoms with Gasteiger partial charge < -0.3 is 9.47 Å². The standard InChI is InChI=1S/C16H28O4/c1-2-12-19-15(17)10-6-7-11-16(18)20-13-14-8-4-3-5-9-14/h14H,2-13H2,1H3. The van der Waals surface area contributed by atoms with E-state index in [1.54, 1.807) is 0 Å². The number of unbranched alkanes of at least 4 members (excludes halogenated alkanes) is 1. The van der Waals surface area contributed by atoms with Crippen molar-refractivity contribution in [3.05, 3.63) is 0 Å². The van der Waals surface area contributed by atoms with Crippen molar-refractivity contribution < 1.29 is 19.1 Å². The van der Waals surface area contributed by atoms with Crippen molar-refractivity contribution in [3.63, 3.8) is 0 Å². The van der Waals surface area contributed by atoms with Crippen LogP contribution in [0, 0.1) is 5.92 Å². The molecule has 0 radical (unpaired) electrons. The van der Waals surface area contributed by atoms with Crippen molar-refractivity contribution in [2.75, 3.05) is 13.2 Å². The molecule has 4 heteroatoms. The zero-order chi connectivity index (χ0) is 14.6. The molecule has 1 aliphatic carbocycles. The van der Waals surface area contributed by atoms with Crippen LogP contribution in [0.15, 0.2) is 0 Å². The van der Waals surface area contributed by atoms with Gasteiger partial charge in [-0.2, -0.15) is 0 Å². The normalized spacial score (nSPS) is 15.8. The van der Waals surface area contributed by atoms with E-state index in [1.165, 1.54) is 32.1 Å². The monoisotopic (exact) mass is 284 g/mol. The Bertz CT molecular complexity index is 282. The first kappa shape index (κ1) is 17.0. The summed E-state index contributed by atoms with van der Waals surface area (Å²) in [5, 5.41) is 0. The Kier molecular flexibility index (Phi) is 9.09. The molecule has 0 N–H and O–H groups in total. The van der Waals surface area contributed by atoms with Gasteiger partial charge in [-0.05, 0) is 38.0 Å². The van der Waals surface area contributed by atoms with Crippen LogP contribution in [0.25, 0.3) is 0 Å². The van der Waals surface area contributed by atoms with E-state index < -0.39 is 0 Å². The zero-order valence-electron chi connectivity index (χ0n) is 12.7. The summed E-state index contributed by atoms with van der Waals surface area (Å²) in [6.45, 7) is 3.04. The molecule has 1 aliphatic rings. The van der Waals surface area contributed by atoms with Crippen LogP contribution in [0.2, 0.25) is 0 Å². The van der Waals surface area contributed by atoms with Crippen molar-refractivity contribution in [2.24, 2.45) is 5.92 Å². The molecule has 1 rings (SSSR count). The Morgan fingerprint density at radius 3 is 2.15 bits per heavy atom. The number of rotatable bonds is 9. The SMILES string of the molecule is CCCOC(=O)CCCCC(=O)OCC1CCCCC1. The highest BCUT2D eigenvalue weighted by Crippen LogP contribution is 2.23. The number of hydrogen-bond donors (Lipinski definition) is 0. The van der Waals surface area contributed by atoms with Crippen LogP contribution in [0.4, 0.5) is 0 Å². The molecule has 0 spiro atoms. The Hall–Kier alpha value is -1.06. The summed E-state index contributed by atoms with van der Waals surface area (Å²) in [6.07, 6.45) is 9.28. The molecular formula is C16H28O4. The molecule has 0 aromatic rings. The van der Waals surface area contributed by atoms with E-state index >= 15 is 0 Å². The van der Waals surface area contributed by atoms with Crippen molar-refractivity contribution in [1.82, 2.24) is 0 Å². The summed E-state index contributed by atoms with van der Waals surface area (Å²) < 4.78 is 10.3. The van der Waals surface area contributed by atoms with Crippen LogP contribution in [0.3, 0.4) is 0 Å². The number of ether oxygens (including phenoxy) is 2. The zero-order valence-corrected chi connectivity index (χ0v) is 12.7. The molecule has 0 saturated heterocycles. The molecule has 0 aliphatic heterocycles. The van der Waals surface area contributed by atoms with Gasteiger partial charge in [0.05, 0.1) is 13.2 Å². The second-order valence-corrected chi connectivity index (χ2v) is 5.61. The van der Waals surface area contributed by atoms with Gasteiger partial charge in [-0.1, -0.05) is 26.2 Å². The van der Waals surface area contributed by atoms with Crippen LogP contribution < -0.4 is 0 Å². The predicted octanol–water partition coefficient (Wildman–Crippen LogP) is 3.62. The first-order valence-electron chi connectivity index (χ1n) is 8.03. The first-order chi connectivity index (χ1) is 9.72. The van der Waals surface area contributed by atoms with Crippen LogP contribution in [0.1, 0.15) is 71.1 Å². The summed E-state index contributed by atoms with van der Waals surface area (Å²) in [4.78, 5) is 22.8. The predicted molar refractivity (Wildman–Crippen MR) is 77.3 cm³/mol. The van der Waals surface area contributed by atoms with Gasteiger partial charge >= 0.3 is 11.9 Å². The molecule has 1 saturated carbocycles.